The molecule has 9 rings (SSSR count). The topological polar surface area (TPSA) is 110 Å². The fraction of sp³-hybridized carbons (Fsp3) is 0.424. The molecule has 1 aliphatic heterocycles. The van der Waals surface area contributed by atoms with Crippen molar-refractivity contribution in [3.05, 3.63) is 151 Å². The highest BCUT2D eigenvalue weighted by Crippen LogP contribution is 2.62. The first-order valence-electron chi connectivity index (χ1n) is 25.2. The number of carbonyl (C=O) groups excluding carboxylic acids is 1. The summed E-state index contributed by atoms with van der Waals surface area (Å²) in [6, 6.07) is 38.8. The van der Waals surface area contributed by atoms with E-state index in [1.54, 1.807) is 13.2 Å². The smallest absolute Gasteiger partial charge is 0.239 e. The summed E-state index contributed by atoms with van der Waals surface area (Å²) in [5, 5.41) is 27.2. The maximum absolute atomic E-state index is 15.4. The first-order valence-corrected chi connectivity index (χ1v) is 25.2. The lowest BCUT2D eigenvalue weighted by Gasteiger charge is -2.60. The molecule has 3 aliphatic carbocycles. The van der Waals surface area contributed by atoms with Gasteiger partial charge in [0, 0.05) is 44.1 Å². The molecule has 1 amide bonds. The van der Waals surface area contributed by atoms with Crippen molar-refractivity contribution in [3.63, 3.8) is 0 Å². The number of aliphatic hydroxyl groups excluding tert-OH is 2. The van der Waals surface area contributed by atoms with Crippen LogP contribution in [-0.2, 0) is 20.9 Å². The van der Waals surface area contributed by atoms with Crippen molar-refractivity contribution in [1.82, 2.24) is 4.90 Å². The molecular formula is C59H68N2O7. The number of hydrogen-bond acceptors (Lipinski definition) is 8. The van der Waals surface area contributed by atoms with E-state index in [2.05, 4.69) is 90.4 Å². The Morgan fingerprint density at radius 3 is 2.32 bits per heavy atom. The molecule has 0 radical (unpaired) electrons. The minimum absolute atomic E-state index is 0.0748. The second-order valence-corrected chi connectivity index (χ2v) is 19.3. The average Bonchev–Trinajstić information content (AvgIpc) is 3.90. The lowest BCUT2D eigenvalue weighted by atomic mass is 9.55. The van der Waals surface area contributed by atoms with Crippen LogP contribution in [0.25, 0.3) is 21.9 Å². The van der Waals surface area contributed by atoms with Gasteiger partial charge in [0.05, 0.1) is 18.2 Å². The largest absolute Gasteiger partial charge is 0.459 e. The van der Waals surface area contributed by atoms with Crippen LogP contribution in [-0.4, -0.2) is 65.5 Å². The molecule has 0 aromatic heterocycles. The van der Waals surface area contributed by atoms with Gasteiger partial charge in [-0.2, -0.15) is 0 Å². The van der Waals surface area contributed by atoms with E-state index in [-0.39, 0.29) is 43.5 Å². The highest BCUT2D eigenvalue weighted by molar-refractivity contribution is 6.03. The zero-order chi connectivity index (χ0) is 46.9. The molecule has 2 saturated carbocycles. The molecule has 6 unspecified atom stereocenters. The van der Waals surface area contributed by atoms with Gasteiger partial charge in [0.15, 0.2) is 0 Å². The van der Waals surface area contributed by atoms with Gasteiger partial charge in [-0.25, -0.2) is 0 Å². The van der Waals surface area contributed by atoms with Crippen molar-refractivity contribution in [2.24, 2.45) is 28.8 Å². The summed E-state index contributed by atoms with van der Waals surface area (Å²) < 4.78 is 21.6. The third kappa shape index (κ3) is 10.0. The second kappa shape index (κ2) is 22.1. The standard InChI is InChI=1S/C59H68N2O7/c1-3-36-66-59-55(61(56(64)33-26-41-16-7-8-17-41)40-46-23-15-22-44-20-9-10-24-49(44)46)39-53(60-65-2)51-37-45(21-11-13-34-62)50(25-12-14-35-63)57(58(51)59)52-38-48(31-32-54(52)68-59)67-47-29-27-43(28-30-47)42-18-5-4-6-19-42/h3-6,9-10,15,18-20,22-24,27-32,37-38,41,45,50,55,57-58,62-63H,1,7-8,11-14,16-17,21,25-26,33-36,39-40H2,2H3. The predicted molar refractivity (Wildman–Crippen MR) is 270 cm³/mol. The molecule has 0 spiro atoms. The Balaban J connectivity index is 1.20. The van der Waals surface area contributed by atoms with Crippen molar-refractivity contribution < 1.29 is 34.1 Å². The number of amides is 1. The van der Waals surface area contributed by atoms with E-state index in [4.69, 9.17) is 24.2 Å². The van der Waals surface area contributed by atoms with Crippen LogP contribution in [0.1, 0.15) is 101 Å². The summed E-state index contributed by atoms with van der Waals surface area (Å²) in [7, 11) is 1.60. The average molecular weight is 917 g/mol. The summed E-state index contributed by atoms with van der Waals surface area (Å²) in [4.78, 5) is 23.2. The Kier molecular flexibility index (Phi) is 15.4. The van der Waals surface area contributed by atoms with E-state index in [0.717, 1.165) is 95.0 Å². The molecule has 4 aliphatic rings. The van der Waals surface area contributed by atoms with Crippen molar-refractivity contribution in [3.8, 4) is 28.4 Å². The summed E-state index contributed by atoms with van der Waals surface area (Å²) in [6.45, 7) is 4.94. The molecule has 5 aromatic carbocycles. The molecule has 9 heteroatoms. The third-order valence-corrected chi connectivity index (χ3v) is 15.2. The van der Waals surface area contributed by atoms with Crippen LogP contribution in [0.2, 0.25) is 0 Å². The van der Waals surface area contributed by atoms with Gasteiger partial charge in [0.25, 0.3) is 0 Å². The highest BCUT2D eigenvalue weighted by Gasteiger charge is 2.65. The van der Waals surface area contributed by atoms with Gasteiger partial charge < -0.3 is 34.2 Å². The number of allylic oxidation sites excluding steroid dienone is 1. The minimum Gasteiger partial charge on any atom is -0.459 e. The lowest BCUT2D eigenvalue weighted by molar-refractivity contribution is -0.258. The zero-order valence-corrected chi connectivity index (χ0v) is 39.6. The maximum Gasteiger partial charge on any atom is 0.239 e. The van der Waals surface area contributed by atoms with Crippen LogP contribution in [0.15, 0.2) is 145 Å². The molecule has 2 N–H and O–H groups in total. The monoisotopic (exact) mass is 917 g/mol. The number of unbranched alkanes of at least 4 members (excludes halogenated alkanes) is 2. The highest BCUT2D eigenvalue weighted by atomic mass is 16.7. The predicted octanol–water partition coefficient (Wildman–Crippen LogP) is 12.6. The summed E-state index contributed by atoms with van der Waals surface area (Å²) in [5.41, 5.74) is 6.13. The first-order chi connectivity index (χ1) is 33.4. The van der Waals surface area contributed by atoms with Gasteiger partial charge in [-0.15, -0.1) is 6.58 Å². The molecule has 68 heavy (non-hydrogen) atoms. The number of ether oxygens (including phenoxy) is 3. The number of oxime groups is 1. The molecule has 9 nitrogen and oxygen atoms in total. The summed E-state index contributed by atoms with van der Waals surface area (Å²) in [5.74, 6) is 1.02. The van der Waals surface area contributed by atoms with Crippen molar-refractivity contribution in [1.29, 1.82) is 0 Å². The summed E-state index contributed by atoms with van der Waals surface area (Å²) in [6.07, 6.45) is 15.4. The Bertz CT molecular complexity index is 2540. The molecule has 356 valence electrons. The molecule has 6 atom stereocenters. The second-order valence-electron chi connectivity index (χ2n) is 19.3. The summed E-state index contributed by atoms with van der Waals surface area (Å²) >= 11 is 0. The van der Waals surface area contributed by atoms with Crippen LogP contribution in [0.5, 0.6) is 17.2 Å². The Labute approximate surface area is 402 Å². The van der Waals surface area contributed by atoms with Gasteiger partial charge in [-0.1, -0.05) is 141 Å². The van der Waals surface area contributed by atoms with Gasteiger partial charge in [-0.3, -0.25) is 4.79 Å². The van der Waals surface area contributed by atoms with Crippen molar-refractivity contribution in [2.45, 2.75) is 108 Å². The molecule has 1 heterocycles. The number of aliphatic hydroxyl groups is 2. The number of nitrogens with zero attached hydrogens (tertiary/aromatic N) is 2. The van der Waals surface area contributed by atoms with Gasteiger partial charge in [0.2, 0.25) is 11.7 Å². The van der Waals surface area contributed by atoms with Crippen LogP contribution < -0.4 is 9.47 Å². The molecule has 5 aromatic rings. The van der Waals surface area contributed by atoms with E-state index >= 15 is 4.79 Å². The number of benzene rings is 5. The first kappa shape index (κ1) is 47.3. The zero-order valence-electron chi connectivity index (χ0n) is 39.6. The van der Waals surface area contributed by atoms with Gasteiger partial charge in [-0.05, 0) is 113 Å². The minimum atomic E-state index is -1.35. The molecule has 2 fully saturated rings. The fourth-order valence-corrected chi connectivity index (χ4v) is 12.1. The number of hydrogen-bond donors (Lipinski definition) is 2. The number of rotatable bonds is 21. The third-order valence-electron chi connectivity index (χ3n) is 15.2. The van der Waals surface area contributed by atoms with Crippen LogP contribution in [0, 0.1) is 23.7 Å². The molecular weight excluding hydrogens is 849 g/mol. The SMILES string of the molecule is C=CCOC12Oc3ccc(Oc4ccc(-c5ccccc5)cc4)cc3C3C(CCCCO)C(CCCCO)C=C(C(=NOC)CC1N(Cc1cccc4ccccc14)C(=O)CCC1CCCC1)C32. The van der Waals surface area contributed by atoms with Crippen LogP contribution in [0.4, 0.5) is 0 Å². The molecule has 0 saturated heterocycles. The van der Waals surface area contributed by atoms with Crippen molar-refractivity contribution >= 4 is 22.4 Å². The van der Waals surface area contributed by atoms with E-state index < -0.39 is 17.7 Å². The van der Waals surface area contributed by atoms with E-state index in [9.17, 15) is 10.2 Å². The van der Waals surface area contributed by atoms with Gasteiger partial charge in [0.1, 0.15) is 30.4 Å². The Hall–Kier alpha value is -5.74. The fourth-order valence-electron chi connectivity index (χ4n) is 12.1. The normalized spacial score (nSPS) is 23.6. The Morgan fingerprint density at radius 1 is 0.838 bits per heavy atom. The Morgan fingerprint density at radius 2 is 1.56 bits per heavy atom. The number of carbonyl (C=O) groups is 1. The quantitative estimate of drug-likeness (QED) is 0.0428. The van der Waals surface area contributed by atoms with Gasteiger partial charge >= 0.3 is 0 Å². The van der Waals surface area contributed by atoms with E-state index in [1.165, 1.54) is 12.8 Å². The maximum atomic E-state index is 15.4. The lowest BCUT2D eigenvalue weighted by Crippen LogP contribution is -2.70. The van der Waals surface area contributed by atoms with Crippen LogP contribution in [0.3, 0.4) is 0 Å². The molecule has 0 bridgehead atoms. The van der Waals surface area contributed by atoms with Crippen molar-refractivity contribution in [2.75, 3.05) is 26.9 Å². The van der Waals surface area contributed by atoms with E-state index in [0.29, 0.717) is 49.6 Å². The van der Waals surface area contributed by atoms with E-state index in [1.807, 2.05) is 42.5 Å². The number of fused-ring (bicyclic) bond motifs is 3. The van der Waals surface area contributed by atoms with Crippen LogP contribution >= 0.6 is 0 Å².